The average Bonchev–Trinajstić information content (AvgIpc) is 3.16. The molecule has 0 spiro atoms. The van der Waals surface area contributed by atoms with Gasteiger partial charge in [0.15, 0.2) is 0 Å². The lowest BCUT2D eigenvalue weighted by Crippen LogP contribution is -2.40. The van der Waals surface area contributed by atoms with Crippen LogP contribution in [0.3, 0.4) is 0 Å². The van der Waals surface area contributed by atoms with Gasteiger partial charge in [0.25, 0.3) is 0 Å². The van der Waals surface area contributed by atoms with Crippen molar-refractivity contribution in [3.8, 4) is 23.8 Å². The van der Waals surface area contributed by atoms with Crippen molar-refractivity contribution in [2.45, 2.75) is 18.9 Å². The molecular formula is C20H21N3O3. The summed E-state index contributed by atoms with van der Waals surface area (Å²) in [6, 6.07) is 10.5. The van der Waals surface area contributed by atoms with Crippen LogP contribution >= 0.6 is 0 Å². The highest BCUT2D eigenvalue weighted by atomic mass is 16.5. The Morgan fingerprint density at radius 3 is 2.92 bits per heavy atom. The van der Waals surface area contributed by atoms with Crippen molar-refractivity contribution >= 4 is 11.7 Å². The van der Waals surface area contributed by atoms with E-state index in [-0.39, 0.29) is 18.7 Å². The van der Waals surface area contributed by atoms with Crippen molar-refractivity contribution in [2.75, 3.05) is 25.0 Å². The predicted octanol–water partition coefficient (Wildman–Crippen LogP) is 3.52. The van der Waals surface area contributed by atoms with Crippen LogP contribution < -0.4 is 10.1 Å². The van der Waals surface area contributed by atoms with Gasteiger partial charge in [-0.25, -0.2) is 4.79 Å². The summed E-state index contributed by atoms with van der Waals surface area (Å²) in [5.74, 6) is 3.83. The molecule has 26 heavy (non-hydrogen) atoms. The molecule has 1 aromatic carbocycles. The van der Waals surface area contributed by atoms with E-state index in [1.165, 1.54) is 0 Å². The third-order valence-electron chi connectivity index (χ3n) is 3.99. The standard InChI is InChI=1S/C20H21N3O3/c1-2-12-23(15-19-7-4-13-25-19)20(24)22-16-5-3-6-18(14-16)26-17-8-10-21-11-9-17/h1,3,5-6,8-11,14,19H,4,7,12-13,15H2,(H,22,24). The van der Waals surface area contributed by atoms with Gasteiger partial charge in [-0.15, -0.1) is 6.42 Å². The first-order valence-corrected chi connectivity index (χ1v) is 8.53. The van der Waals surface area contributed by atoms with Crippen LogP contribution in [-0.4, -0.2) is 41.7 Å². The largest absolute Gasteiger partial charge is 0.457 e. The van der Waals surface area contributed by atoms with Crippen molar-refractivity contribution in [2.24, 2.45) is 0 Å². The number of rotatable bonds is 6. The van der Waals surface area contributed by atoms with Gasteiger partial charge >= 0.3 is 6.03 Å². The number of hydrogen-bond acceptors (Lipinski definition) is 4. The van der Waals surface area contributed by atoms with Crippen molar-refractivity contribution in [3.05, 3.63) is 48.8 Å². The maximum Gasteiger partial charge on any atom is 0.322 e. The van der Waals surface area contributed by atoms with Crippen molar-refractivity contribution in [1.82, 2.24) is 9.88 Å². The zero-order valence-electron chi connectivity index (χ0n) is 14.4. The Hall–Kier alpha value is -3.04. The zero-order valence-corrected chi connectivity index (χ0v) is 14.4. The normalized spacial score (nSPS) is 15.9. The predicted molar refractivity (Wildman–Crippen MR) is 99.2 cm³/mol. The van der Waals surface area contributed by atoms with Crippen LogP contribution in [0.4, 0.5) is 10.5 Å². The minimum atomic E-state index is -0.250. The fourth-order valence-corrected chi connectivity index (χ4v) is 2.75. The van der Waals surface area contributed by atoms with Crippen LogP contribution in [0.5, 0.6) is 11.5 Å². The van der Waals surface area contributed by atoms with Gasteiger partial charge in [0, 0.05) is 37.3 Å². The van der Waals surface area contributed by atoms with Gasteiger partial charge in [-0.05, 0) is 37.1 Å². The molecule has 1 unspecified atom stereocenters. The summed E-state index contributed by atoms with van der Waals surface area (Å²) in [4.78, 5) is 18.1. The molecule has 1 saturated heterocycles. The number of pyridine rings is 1. The Morgan fingerprint density at radius 2 is 2.19 bits per heavy atom. The molecule has 1 aromatic heterocycles. The molecule has 0 radical (unpaired) electrons. The monoisotopic (exact) mass is 351 g/mol. The summed E-state index contributed by atoms with van der Waals surface area (Å²) in [7, 11) is 0. The van der Waals surface area contributed by atoms with Crippen LogP contribution in [0, 0.1) is 12.3 Å². The van der Waals surface area contributed by atoms with Crippen molar-refractivity contribution in [3.63, 3.8) is 0 Å². The van der Waals surface area contributed by atoms with Crippen molar-refractivity contribution < 1.29 is 14.3 Å². The summed E-state index contributed by atoms with van der Waals surface area (Å²) < 4.78 is 11.4. The maximum atomic E-state index is 12.6. The number of carbonyl (C=O) groups is 1. The third kappa shape index (κ3) is 4.98. The number of terminal acetylenes is 1. The van der Waals surface area contributed by atoms with Gasteiger partial charge in [-0.3, -0.25) is 4.98 Å². The second kappa shape index (κ2) is 8.88. The molecule has 1 aliphatic rings. The highest BCUT2D eigenvalue weighted by Crippen LogP contribution is 2.24. The Morgan fingerprint density at radius 1 is 1.35 bits per heavy atom. The van der Waals surface area contributed by atoms with Gasteiger partial charge < -0.3 is 19.7 Å². The maximum absolute atomic E-state index is 12.6. The van der Waals surface area contributed by atoms with E-state index in [0.717, 1.165) is 19.4 Å². The van der Waals surface area contributed by atoms with Gasteiger partial charge in [-0.1, -0.05) is 12.0 Å². The molecule has 134 valence electrons. The Kier molecular flexibility index (Phi) is 6.07. The number of urea groups is 1. The third-order valence-corrected chi connectivity index (χ3v) is 3.99. The van der Waals surface area contributed by atoms with Gasteiger partial charge in [0.2, 0.25) is 0 Å². The minimum absolute atomic E-state index is 0.0513. The van der Waals surface area contributed by atoms with Crippen molar-refractivity contribution in [1.29, 1.82) is 0 Å². The van der Waals surface area contributed by atoms with Crippen LogP contribution in [0.25, 0.3) is 0 Å². The van der Waals surface area contributed by atoms with Crippen LogP contribution in [0.15, 0.2) is 48.8 Å². The van der Waals surface area contributed by atoms with Gasteiger partial charge in [0.05, 0.1) is 12.6 Å². The lowest BCUT2D eigenvalue weighted by atomic mass is 10.2. The van der Waals surface area contributed by atoms with E-state index in [4.69, 9.17) is 15.9 Å². The number of anilines is 1. The molecular weight excluding hydrogens is 330 g/mol. The summed E-state index contributed by atoms with van der Waals surface area (Å²) in [5, 5.41) is 2.87. The van der Waals surface area contributed by atoms with Gasteiger partial charge in [0.1, 0.15) is 11.5 Å². The Balaban J connectivity index is 1.63. The summed E-state index contributed by atoms with van der Waals surface area (Å²) in [5.41, 5.74) is 0.635. The fraction of sp³-hybridized carbons (Fsp3) is 0.300. The molecule has 1 N–H and O–H groups in total. The van der Waals surface area contributed by atoms with E-state index in [9.17, 15) is 4.79 Å². The SMILES string of the molecule is C#CCN(CC1CCCO1)C(=O)Nc1cccc(Oc2ccncc2)c1. The molecule has 0 saturated carbocycles. The van der Waals surface area contributed by atoms with Crippen LogP contribution in [0.2, 0.25) is 0 Å². The second-order valence-corrected chi connectivity index (χ2v) is 5.96. The smallest absolute Gasteiger partial charge is 0.322 e. The lowest BCUT2D eigenvalue weighted by molar-refractivity contribution is 0.0867. The highest BCUT2D eigenvalue weighted by Gasteiger charge is 2.22. The minimum Gasteiger partial charge on any atom is -0.457 e. The van der Waals surface area contributed by atoms with E-state index < -0.39 is 0 Å². The number of carbonyl (C=O) groups excluding carboxylic acids is 1. The first kappa shape index (κ1) is 17.8. The number of nitrogens with one attached hydrogen (secondary N) is 1. The van der Waals surface area contributed by atoms with E-state index >= 15 is 0 Å². The molecule has 0 bridgehead atoms. The topological polar surface area (TPSA) is 63.7 Å². The highest BCUT2D eigenvalue weighted by molar-refractivity contribution is 5.89. The molecule has 2 amide bonds. The molecule has 1 atom stereocenters. The summed E-state index contributed by atoms with van der Waals surface area (Å²) >= 11 is 0. The van der Waals surface area contributed by atoms with E-state index in [2.05, 4.69) is 16.2 Å². The zero-order chi connectivity index (χ0) is 18.2. The molecule has 1 fully saturated rings. The number of hydrogen-bond donors (Lipinski definition) is 1. The number of amides is 2. The number of aromatic nitrogens is 1. The number of nitrogens with zero attached hydrogens (tertiary/aromatic N) is 2. The first-order chi connectivity index (χ1) is 12.7. The lowest BCUT2D eigenvalue weighted by Gasteiger charge is -2.23. The van der Waals surface area contributed by atoms with Crippen LogP contribution in [0.1, 0.15) is 12.8 Å². The summed E-state index contributed by atoms with van der Waals surface area (Å²) in [6.07, 6.45) is 10.7. The number of benzene rings is 1. The quantitative estimate of drug-likeness (QED) is 0.809. The first-order valence-electron chi connectivity index (χ1n) is 8.53. The average molecular weight is 351 g/mol. The van der Waals surface area contributed by atoms with E-state index in [1.807, 2.05) is 12.1 Å². The Labute approximate surface area is 153 Å². The fourth-order valence-electron chi connectivity index (χ4n) is 2.75. The van der Waals surface area contributed by atoms with Crippen LogP contribution in [-0.2, 0) is 4.74 Å². The molecule has 3 rings (SSSR count). The molecule has 2 heterocycles. The van der Waals surface area contributed by atoms with E-state index in [0.29, 0.717) is 23.7 Å². The van der Waals surface area contributed by atoms with Gasteiger partial charge in [-0.2, -0.15) is 0 Å². The molecule has 6 heteroatoms. The molecule has 2 aromatic rings. The Bertz CT molecular complexity index is 767. The van der Waals surface area contributed by atoms with E-state index in [1.54, 1.807) is 41.6 Å². The molecule has 1 aliphatic heterocycles. The molecule has 0 aliphatic carbocycles. The number of ether oxygens (including phenoxy) is 2. The molecule has 6 nitrogen and oxygen atoms in total. The second-order valence-electron chi connectivity index (χ2n) is 5.96. The summed E-state index contributed by atoms with van der Waals surface area (Å²) in [6.45, 7) is 1.46.